The van der Waals surface area contributed by atoms with Crippen molar-refractivity contribution in [1.82, 2.24) is 15.3 Å². The summed E-state index contributed by atoms with van der Waals surface area (Å²) in [6, 6.07) is 1.20. The second kappa shape index (κ2) is 3.66. The van der Waals surface area contributed by atoms with Gasteiger partial charge in [0.15, 0.2) is 0 Å². The Balaban J connectivity index is 2.81. The van der Waals surface area contributed by atoms with Gasteiger partial charge in [-0.25, -0.2) is 4.98 Å². The van der Waals surface area contributed by atoms with E-state index in [1.165, 1.54) is 12.3 Å². The first-order valence-corrected chi connectivity index (χ1v) is 3.52. The molecule has 0 unspecified atom stereocenters. The van der Waals surface area contributed by atoms with Crippen LogP contribution in [0.3, 0.4) is 0 Å². The lowest BCUT2D eigenvalue weighted by Crippen LogP contribution is -2.24. The maximum absolute atomic E-state index is 11.0. The summed E-state index contributed by atoms with van der Waals surface area (Å²) in [6.45, 7) is 2.27. The van der Waals surface area contributed by atoms with E-state index in [1.54, 1.807) is 6.92 Å². The zero-order chi connectivity index (χ0) is 8.97. The van der Waals surface area contributed by atoms with Crippen LogP contribution in [0.5, 0.6) is 5.88 Å². The minimum absolute atomic E-state index is 0.0793. The van der Waals surface area contributed by atoms with Crippen LogP contribution in [0.15, 0.2) is 12.3 Å². The molecule has 0 spiro atoms. The third-order valence-corrected chi connectivity index (χ3v) is 1.17. The third-order valence-electron chi connectivity index (χ3n) is 1.17. The van der Waals surface area contributed by atoms with E-state index in [-0.39, 0.29) is 5.82 Å². The molecule has 1 N–H and O–H groups in total. The summed E-state index contributed by atoms with van der Waals surface area (Å²) < 4.78 is 0. The molecule has 0 saturated carbocycles. The molecule has 0 fully saturated rings. The van der Waals surface area contributed by atoms with E-state index in [0.717, 1.165) is 0 Å². The first-order chi connectivity index (χ1) is 5.74. The number of carbonyl (C=O) groups is 1. The predicted octanol–water partition coefficient (Wildman–Crippen LogP) is 0.370. The number of amides is 1. The molecule has 63 valence electrons. The molecule has 0 saturated heterocycles. The fraction of sp³-hybridized carbons (Fsp3) is 0.286. The molecule has 0 aliphatic rings. The van der Waals surface area contributed by atoms with E-state index in [9.17, 15) is 9.90 Å². The van der Waals surface area contributed by atoms with Gasteiger partial charge in [0, 0.05) is 18.8 Å². The Labute approximate surface area is 69.5 Å². The highest BCUT2D eigenvalue weighted by atomic mass is 16.3. The molecule has 0 aliphatic carbocycles. The largest absolute Gasteiger partial charge is 0.350 e. The molecular weight excluding hydrogens is 158 g/mol. The number of hydrogen-bond acceptors (Lipinski definition) is 3. The fourth-order valence-electron chi connectivity index (χ4n) is 0.691. The molecule has 1 rings (SSSR count). The standard InChI is InChI=1S/C7H8N3O2/c1-2-8-7(12)6-9-4-3-5(11)10-6/h3-4H,2H2,1H3,(H,8,12). The molecule has 1 aromatic rings. The minimum atomic E-state index is -0.453. The van der Waals surface area contributed by atoms with Gasteiger partial charge in [-0.3, -0.25) is 9.90 Å². The van der Waals surface area contributed by atoms with E-state index in [2.05, 4.69) is 15.3 Å². The summed E-state index contributed by atoms with van der Waals surface area (Å²) in [5, 5.41) is 13.2. The lowest BCUT2D eigenvalue weighted by atomic mass is 10.5. The van der Waals surface area contributed by atoms with Crippen LogP contribution in [0.25, 0.3) is 0 Å². The molecule has 0 atom stereocenters. The van der Waals surface area contributed by atoms with Crippen molar-refractivity contribution in [3.05, 3.63) is 18.1 Å². The quantitative estimate of drug-likeness (QED) is 0.689. The van der Waals surface area contributed by atoms with Crippen LogP contribution in [0.2, 0.25) is 0 Å². The number of hydrogen-bond donors (Lipinski definition) is 1. The lowest BCUT2D eigenvalue weighted by Gasteiger charge is -1.98. The van der Waals surface area contributed by atoms with Crippen LogP contribution in [0.1, 0.15) is 17.5 Å². The Morgan fingerprint density at radius 3 is 3.00 bits per heavy atom. The summed E-state index contributed by atoms with van der Waals surface area (Å²) in [7, 11) is 0. The van der Waals surface area contributed by atoms with E-state index in [1.807, 2.05) is 0 Å². The van der Waals surface area contributed by atoms with Crippen molar-refractivity contribution >= 4 is 5.91 Å². The first kappa shape index (κ1) is 8.45. The molecule has 12 heavy (non-hydrogen) atoms. The van der Waals surface area contributed by atoms with Crippen LogP contribution < -0.4 is 5.32 Å². The summed E-state index contributed by atoms with van der Waals surface area (Å²) in [6.07, 6.45) is 1.26. The summed E-state index contributed by atoms with van der Waals surface area (Å²) in [4.78, 5) is 18.1. The van der Waals surface area contributed by atoms with Crippen molar-refractivity contribution < 1.29 is 9.90 Å². The van der Waals surface area contributed by atoms with Gasteiger partial charge in [-0.15, -0.1) is 0 Å². The van der Waals surface area contributed by atoms with Gasteiger partial charge >= 0.3 is 0 Å². The van der Waals surface area contributed by atoms with Crippen LogP contribution in [0.4, 0.5) is 0 Å². The van der Waals surface area contributed by atoms with Gasteiger partial charge in [0.1, 0.15) is 0 Å². The van der Waals surface area contributed by atoms with Crippen LogP contribution in [-0.2, 0) is 5.11 Å². The molecule has 0 aliphatic heterocycles. The SMILES string of the molecule is CCNC(=O)c1nccc([O])n1. The Morgan fingerprint density at radius 2 is 2.42 bits per heavy atom. The van der Waals surface area contributed by atoms with Gasteiger partial charge in [-0.1, -0.05) is 0 Å². The molecule has 1 radical (unpaired) electrons. The number of carbonyl (C=O) groups excluding carboxylic acids is 1. The number of nitrogens with one attached hydrogen (secondary N) is 1. The molecule has 5 nitrogen and oxygen atoms in total. The fourth-order valence-corrected chi connectivity index (χ4v) is 0.691. The second-order valence-corrected chi connectivity index (χ2v) is 2.08. The maximum atomic E-state index is 11.0. The van der Waals surface area contributed by atoms with Crippen molar-refractivity contribution in [1.29, 1.82) is 0 Å². The molecule has 5 heteroatoms. The van der Waals surface area contributed by atoms with Crippen molar-refractivity contribution in [3.8, 4) is 5.88 Å². The van der Waals surface area contributed by atoms with Crippen LogP contribution in [0, 0.1) is 0 Å². The van der Waals surface area contributed by atoms with Gasteiger partial charge in [0.2, 0.25) is 5.82 Å². The normalized spacial score (nSPS) is 9.42. The molecule has 1 aromatic heterocycles. The zero-order valence-electron chi connectivity index (χ0n) is 6.57. The lowest BCUT2D eigenvalue weighted by molar-refractivity contribution is 0.0943. The Morgan fingerprint density at radius 1 is 1.67 bits per heavy atom. The van der Waals surface area contributed by atoms with Crippen molar-refractivity contribution in [3.63, 3.8) is 0 Å². The number of nitrogens with zero attached hydrogens (tertiary/aromatic N) is 2. The number of rotatable bonds is 2. The highest BCUT2D eigenvalue weighted by Crippen LogP contribution is 2.01. The van der Waals surface area contributed by atoms with E-state index in [0.29, 0.717) is 6.54 Å². The van der Waals surface area contributed by atoms with Gasteiger partial charge in [-0.05, 0) is 6.92 Å². The topological polar surface area (TPSA) is 74.8 Å². The smallest absolute Gasteiger partial charge is 0.289 e. The summed E-state index contributed by atoms with van der Waals surface area (Å²) >= 11 is 0. The second-order valence-electron chi connectivity index (χ2n) is 2.08. The molecule has 1 amide bonds. The molecule has 0 aromatic carbocycles. The van der Waals surface area contributed by atoms with Crippen LogP contribution in [-0.4, -0.2) is 22.4 Å². The average Bonchev–Trinajstić information content (AvgIpc) is 2.05. The van der Waals surface area contributed by atoms with E-state index >= 15 is 0 Å². The number of aromatic nitrogens is 2. The van der Waals surface area contributed by atoms with Gasteiger partial charge in [0.25, 0.3) is 11.8 Å². The first-order valence-electron chi connectivity index (χ1n) is 3.52. The molecular formula is C7H8N3O2. The zero-order valence-corrected chi connectivity index (χ0v) is 6.57. The van der Waals surface area contributed by atoms with Crippen molar-refractivity contribution in [2.45, 2.75) is 6.92 Å². The molecule has 1 heterocycles. The highest BCUT2D eigenvalue weighted by Gasteiger charge is 2.07. The van der Waals surface area contributed by atoms with Gasteiger partial charge in [-0.2, -0.15) is 4.98 Å². The Hall–Kier alpha value is -1.65. The van der Waals surface area contributed by atoms with Crippen LogP contribution >= 0.6 is 0 Å². The Kier molecular flexibility index (Phi) is 2.57. The van der Waals surface area contributed by atoms with E-state index in [4.69, 9.17) is 0 Å². The average molecular weight is 166 g/mol. The molecule has 0 bridgehead atoms. The third kappa shape index (κ3) is 1.91. The van der Waals surface area contributed by atoms with E-state index < -0.39 is 11.8 Å². The predicted molar refractivity (Wildman–Crippen MR) is 40.2 cm³/mol. The highest BCUT2D eigenvalue weighted by molar-refractivity contribution is 5.90. The maximum Gasteiger partial charge on any atom is 0.289 e. The Bertz CT molecular complexity index is 288. The van der Waals surface area contributed by atoms with Gasteiger partial charge < -0.3 is 5.32 Å². The van der Waals surface area contributed by atoms with Gasteiger partial charge in [0.05, 0.1) is 0 Å². The summed E-state index contributed by atoms with van der Waals surface area (Å²) in [5.74, 6) is -0.953. The monoisotopic (exact) mass is 166 g/mol. The van der Waals surface area contributed by atoms with Crippen molar-refractivity contribution in [2.24, 2.45) is 0 Å². The summed E-state index contributed by atoms with van der Waals surface area (Å²) in [5.41, 5.74) is 0. The van der Waals surface area contributed by atoms with Crippen molar-refractivity contribution in [2.75, 3.05) is 6.54 Å². The minimum Gasteiger partial charge on any atom is -0.350 e.